The van der Waals surface area contributed by atoms with E-state index in [1.807, 2.05) is 0 Å². The Morgan fingerprint density at radius 1 is 0.500 bits per heavy atom. The van der Waals surface area contributed by atoms with Crippen LogP contribution in [0.2, 0.25) is 0 Å². The van der Waals surface area contributed by atoms with Crippen LogP contribution in [0.5, 0.6) is 0 Å². The van der Waals surface area contributed by atoms with Crippen LogP contribution in [0.3, 0.4) is 0 Å². The molecule has 2 nitrogen and oxygen atoms in total. The Morgan fingerprint density at radius 2 is 0.800 bits per heavy atom. The van der Waals surface area contributed by atoms with Gasteiger partial charge in [-0.2, -0.15) is 0 Å². The number of hydrogen-bond acceptors (Lipinski definition) is 2. The minimum absolute atomic E-state index is 0.139. The Labute approximate surface area is 118 Å². The summed E-state index contributed by atoms with van der Waals surface area (Å²) in [5.41, 5.74) is -1.93. The lowest BCUT2D eigenvalue weighted by molar-refractivity contribution is -0.331. The van der Waals surface area contributed by atoms with Crippen LogP contribution in [0.15, 0.2) is 48.6 Å². The van der Waals surface area contributed by atoms with Crippen LogP contribution >= 0.6 is 0 Å². The van der Waals surface area contributed by atoms with Gasteiger partial charge in [-0.3, -0.25) is 0 Å². The quantitative estimate of drug-likeness (QED) is 0.709. The highest BCUT2D eigenvalue weighted by Gasteiger charge is 2.80. The van der Waals surface area contributed by atoms with Gasteiger partial charge in [0.2, 0.25) is 0 Å². The van der Waals surface area contributed by atoms with Gasteiger partial charge in [0.15, 0.2) is 0 Å². The second-order valence-electron chi connectivity index (χ2n) is 7.60. The summed E-state index contributed by atoms with van der Waals surface area (Å²) in [7, 11) is 0. The summed E-state index contributed by atoms with van der Waals surface area (Å²) in [6.45, 7) is 0. The third-order valence-corrected chi connectivity index (χ3v) is 7.38. The third-order valence-electron chi connectivity index (χ3n) is 7.38. The lowest BCUT2D eigenvalue weighted by atomic mass is 9.38. The molecule has 6 aliphatic carbocycles. The highest BCUT2D eigenvalue weighted by Crippen LogP contribution is 2.73. The van der Waals surface area contributed by atoms with E-state index in [4.69, 9.17) is 0 Å². The zero-order chi connectivity index (χ0) is 13.3. The van der Waals surface area contributed by atoms with E-state index in [1.54, 1.807) is 0 Å². The Morgan fingerprint density at radius 3 is 1.10 bits per heavy atom. The van der Waals surface area contributed by atoms with Gasteiger partial charge in [-0.25, -0.2) is 0 Å². The number of allylic oxidation sites excluding steroid dienone is 4. The first-order valence-corrected chi connectivity index (χ1v) is 7.85. The van der Waals surface area contributed by atoms with E-state index in [-0.39, 0.29) is 23.7 Å². The number of rotatable bonds is 1. The first-order valence-electron chi connectivity index (χ1n) is 7.85. The van der Waals surface area contributed by atoms with Gasteiger partial charge in [0.05, 0.1) is 0 Å². The SMILES string of the molecule is OC1(C2(O)[C@H]3C=CC4C=C[C@H]2C43)[C@@H]2C=CC3C=C[C@H]1C32. The number of hydrogen-bond donors (Lipinski definition) is 2. The van der Waals surface area contributed by atoms with Crippen molar-refractivity contribution in [3.63, 3.8) is 0 Å². The van der Waals surface area contributed by atoms with Crippen molar-refractivity contribution < 1.29 is 10.2 Å². The van der Waals surface area contributed by atoms with Crippen LogP contribution in [0, 0.1) is 47.3 Å². The lowest BCUT2D eigenvalue weighted by Gasteiger charge is -2.69. The molecule has 0 amide bonds. The van der Waals surface area contributed by atoms with E-state index < -0.39 is 11.2 Å². The smallest absolute Gasteiger partial charge is 0.108 e. The van der Waals surface area contributed by atoms with E-state index in [0.29, 0.717) is 23.7 Å². The highest BCUT2D eigenvalue weighted by atomic mass is 16.4. The summed E-state index contributed by atoms with van der Waals surface area (Å²) in [6, 6.07) is 0. The van der Waals surface area contributed by atoms with Crippen LogP contribution in [-0.2, 0) is 0 Å². The predicted molar refractivity (Wildman–Crippen MR) is 74.4 cm³/mol. The third kappa shape index (κ3) is 0.739. The van der Waals surface area contributed by atoms with Crippen molar-refractivity contribution in [3.05, 3.63) is 48.6 Å². The van der Waals surface area contributed by atoms with Gasteiger partial charge in [-0.15, -0.1) is 0 Å². The Bertz CT molecular complexity index is 540. The maximum atomic E-state index is 11.5. The molecule has 2 fully saturated rings. The van der Waals surface area contributed by atoms with Crippen LogP contribution in [-0.4, -0.2) is 21.4 Å². The fourth-order valence-electron chi connectivity index (χ4n) is 6.59. The van der Waals surface area contributed by atoms with Gasteiger partial charge in [0, 0.05) is 23.7 Å². The zero-order valence-electron chi connectivity index (χ0n) is 11.1. The molecule has 0 spiro atoms. The second kappa shape index (κ2) is 2.77. The molecule has 2 N–H and O–H groups in total. The van der Waals surface area contributed by atoms with Crippen LogP contribution in [0.1, 0.15) is 0 Å². The van der Waals surface area contributed by atoms with Gasteiger partial charge >= 0.3 is 0 Å². The maximum absolute atomic E-state index is 11.5. The molecule has 0 saturated heterocycles. The second-order valence-corrected chi connectivity index (χ2v) is 7.60. The standard InChI is InChI=1S/C18H18O2/c19-17(11-5-1-9-2-6-12(17)15(9)11)18(20)13-7-3-10-4-8-14(18)16(10)13/h1-16,19-20H/t9?,10?,11-,12-,13-,14+,15?,16?,17?,18?/m0/s1. The average Bonchev–Trinajstić information content (AvgIpc) is 3.09. The Kier molecular flexibility index (Phi) is 1.47. The molecule has 6 rings (SSSR count). The molecule has 0 aromatic carbocycles. The van der Waals surface area contributed by atoms with Crippen molar-refractivity contribution >= 4 is 0 Å². The van der Waals surface area contributed by atoms with Crippen LogP contribution in [0.4, 0.5) is 0 Å². The minimum Gasteiger partial charge on any atom is -0.386 e. The fourth-order valence-corrected chi connectivity index (χ4v) is 6.59. The molecule has 3 unspecified atom stereocenters. The average molecular weight is 266 g/mol. The van der Waals surface area contributed by atoms with Gasteiger partial charge in [0.1, 0.15) is 11.2 Å². The molecule has 102 valence electrons. The summed E-state index contributed by atoms with van der Waals surface area (Å²) in [4.78, 5) is 0. The Hall–Kier alpha value is -1.12. The molecule has 20 heavy (non-hydrogen) atoms. The summed E-state index contributed by atoms with van der Waals surface area (Å²) < 4.78 is 0. The van der Waals surface area contributed by atoms with Crippen molar-refractivity contribution in [2.45, 2.75) is 11.2 Å². The van der Waals surface area contributed by atoms with Crippen molar-refractivity contribution in [3.8, 4) is 0 Å². The van der Waals surface area contributed by atoms with Crippen molar-refractivity contribution in [1.82, 2.24) is 0 Å². The monoisotopic (exact) mass is 266 g/mol. The molecule has 0 radical (unpaired) electrons. The molecule has 0 bridgehead atoms. The Balaban J connectivity index is 1.51. The van der Waals surface area contributed by atoms with Gasteiger partial charge in [-0.1, -0.05) is 48.6 Å². The molecular formula is C18H18O2. The van der Waals surface area contributed by atoms with Crippen LogP contribution in [0.25, 0.3) is 0 Å². The van der Waals surface area contributed by atoms with Gasteiger partial charge in [-0.05, 0) is 23.7 Å². The molecular weight excluding hydrogens is 248 g/mol. The molecule has 2 saturated carbocycles. The van der Waals surface area contributed by atoms with E-state index in [1.165, 1.54) is 0 Å². The molecule has 2 heteroatoms. The summed E-state index contributed by atoms with van der Waals surface area (Å²) in [5.74, 6) is 2.57. The van der Waals surface area contributed by atoms with Crippen molar-refractivity contribution in [2.75, 3.05) is 0 Å². The van der Waals surface area contributed by atoms with Crippen molar-refractivity contribution in [1.29, 1.82) is 0 Å². The fraction of sp³-hybridized carbons (Fsp3) is 0.556. The van der Waals surface area contributed by atoms with E-state index in [2.05, 4.69) is 48.6 Å². The minimum atomic E-state index is -0.963. The summed E-state index contributed by atoms with van der Waals surface area (Å²) in [6.07, 6.45) is 17.5. The van der Waals surface area contributed by atoms with E-state index in [9.17, 15) is 10.2 Å². The largest absolute Gasteiger partial charge is 0.386 e. The normalized spacial score (nSPS) is 69.1. The molecule has 0 aromatic heterocycles. The van der Waals surface area contributed by atoms with Crippen molar-refractivity contribution in [2.24, 2.45) is 47.3 Å². The maximum Gasteiger partial charge on any atom is 0.108 e. The topological polar surface area (TPSA) is 40.5 Å². The molecule has 6 aliphatic rings. The first-order chi connectivity index (χ1) is 9.67. The molecule has 0 heterocycles. The highest BCUT2D eigenvalue weighted by molar-refractivity contribution is 5.46. The molecule has 0 aliphatic heterocycles. The van der Waals surface area contributed by atoms with Gasteiger partial charge in [0.25, 0.3) is 0 Å². The zero-order valence-corrected chi connectivity index (χ0v) is 11.1. The van der Waals surface area contributed by atoms with E-state index >= 15 is 0 Å². The predicted octanol–water partition coefficient (Wildman–Crippen LogP) is 1.68. The summed E-state index contributed by atoms with van der Waals surface area (Å²) >= 11 is 0. The van der Waals surface area contributed by atoms with Gasteiger partial charge < -0.3 is 10.2 Å². The van der Waals surface area contributed by atoms with Crippen LogP contribution < -0.4 is 0 Å². The van der Waals surface area contributed by atoms with E-state index in [0.717, 1.165) is 0 Å². The molecule has 7 atom stereocenters. The first kappa shape index (κ1) is 10.6. The number of aliphatic hydroxyl groups is 2. The molecule has 0 aromatic rings. The lowest BCUT2D eigenvalue weighted by Crippen LogP contribution is -2.81. The summed E-state index contributed by atoms with van der Waals surface area (Å²) in [5, 5.41) is 23.0.